The number of sulfonamides is 1. The lowest BCUT2D eigenvalue weighted by atomic mass is 10.2. The summed E-state index contributed by atoms with van der Waals surface area (Å²) in [6, 6.07) is 8.18. The van der Waals surface area contributed by atoms with E-state index in [1.54, 1.807) is 13.0 Å². The van der Waals surface area contributed by atoms with Crippen LogP contribution in [0.5, 0.6) is 0 Å². The van der Waals surface area contributed by atoms with Gasteiger partial charge in [-0.05, 0) is 31.2 Å². The summed E-state index contributed by atoms with van der Waals surface area (Å²) in [7, 11) is -4.14. The molecule has 24 heavy (non-hydrogen) atoms. The predicted octanol–water partition coefficient (Wildman–Crippen LogP) is 4.56. The molecule has 0 saturated heterocycles. The topological polar surface area (TPSA) is 74.7 Å². The molecule has 2 aromatic carbocycles. The summed E-state index contributed by atoms with van der Waals surface area (Å²) in [4.78, 5) is 11.1. The second-order valence-corrected chi connectivity index (χ2v) is 7.74. The van der Waals surface area contributed by atoms with Crippen molar-refractivity contribution in [1.82, 2.24) is 0 Å². The third kappa shape index (κ3) is 3.47. The summed E-state index contributed by atoms with van der Waals surface area (Å²) in [5.74, 6) is -1.24. The molecule has 0 amide bonds. The van der Waals surface area contributed by atoms with Crippen molar-refractivity contribution >= 4 is 56.5 Å². The molecule has 0 heterocycles. The highest BCUT2D eigenvalue weighted by Gasteiger charge is 2.29. The quantitative estimate of drug-likeness (QED) is 0.736. The molecule has 2 aromatic rings. The molecule has 0 aliphatic heterocycles. The second kappa shape index (κ2) is 7.19. The van der Waals surface area contributed by atoms with Crippen LogP contribution in [0.1, 0.15) is 17.3 Å². The van der Waals surface area contributed by atoms with E-state index >= 15 is 0 Å². The van der Waals surface area contributed by atoms with Gasteiger partial charge in [-0.3, -0.25) is 4.31 Å². The van der Waals surface area contributed by atoms with Crippen LogP contribution in [0.2, 0.25) is 15.1 Å². The Morgan fingerprint density at radius 2 is 1.67 bits per heavy atom. The molecule has 0 bridgehead atoms. The zero-order valence-electron chi connectivity index (χ0n) is 12.3. The SMILES string of the molecule is CCN(c1ccccc1C(=O)O)S(=O)(=O)c1cc(Cl)c(Cl)cc1Cl. The van der Waals surface area contributed by atoms with Crippen LogP contribution >= 0.6 is 34.8 Å². The van der Waals surface area contributed by atoms with Gasteiger partial charge in [-0.25, -0.2) is 13.2 Å². The highest BCUT2D eigenvalue weighted by molar-refractivity contribution is 7.93. The Balaban J connectivity index is 2.67. The second-order valence-electron chi connectivity index (χ2n) is 4.69. The molecular weight excluding hydrogens is 397 g/mol. The number of para-hydroxylation sites is 1. The Labute approximate surface area is 154 Å². The van der Waals surface area contributed by atoms with Gasteiger partial charge in [0.15, 0.2) is 0 Å². The number of halogens is 3. The first kappa shape index (κ1) is 18.9. The van der Waals surface area contributed by atoms with Gasteiger partial charge in [-0.15, -0.1) is 0 Å². The van der Waals surface area contributed by atoms with Gasteiger partial charge in [0.25, 0.3) is 10.0 Å². The van der Waals surface area contributed by atoms with Crippen LogP contribution in [-0.4, -0.2) is 26.0 Å². The molecule has 0 unspecified atom stereocenters. The molecule has 0 aromatic heterocycles. The number of rotatable bonds is 5. The van der Waals surface area contributed by atoms with Crippen LogP contribution in [0.3, 0.4) is 0 Å². The van der Waals surface area contributed by atoms with Gasteiger partial charge in [0.05, 0.1) is 26.3 Å². The molecule has 9 heteroatoms. The Morgan fingerprint density at radius 1 is 1.08 bits per heavy atom. The van der Waals surface area contributed by atoms with E-state index in [9.17, 15) is 18.3 Å². The van der Waals surface area contributed by atoms with Gasteiger partial charge in [-0.1, -0.05) is 46.9 Å². The maximum atomic E-state index is 13.0. The van der Waals surface area contributed by atoms with Crippen LogP contribution in [0.25, 0.3) is 0 Å². The van der Waals surface area contributed by atoms with Gasteiger partial charge in [0, 0.05) is 6.54 Å². The van der Waals surface area contributed by atoms with Crippen molar-refractivity contribution in [3.63, 3.8) is 0 Å². The molecule has 1 N–H and O–H groups in total. The van der Waals surface area contributed by atoms with Crippen molar-refractivity contribution in [3.8, 4) is 0 Å². The van der Waals surface area contributed by atoms with E-state index in [0.29, 0.717) is 0 Å². The summed E-state index contributed by atoms with van der Waals surface area (Å²) in [6.07, 6.45) is 0. The molecule has 0 aliphatic carbocycles. The number of carbonyl (C=O) groups is 1. The Hall–Kier alpha value is -1.47. The zero-order chi connectivity index (χ0) is 18.1. The normalized spacial score (nSPS) is 11.3. The van der Waals surface area contributed by atoms with Gasteiger partial charge in [0.1, 0.15) is 4.90 Å². The summed E-state index contributed by atoms with van der Waals surface area (Å²) >= 11 is 17.7. The third-order valence-corrected chi connectivity index (χ3v) is 6.31. The summed E-state index contributed by atoms with van der Waals surface area (Å²) < 4.78 is 26.9. The van der Waals surface area contributed by atoms with Crippen molar-refractivity contribution in [2.24, 2.45) is 0 Å². The first-order valence-electron chi connectivity index (χ1n) is 6.69. The molecule has 0 saturated carbocycles. The molecule has 128 valence electrons. The molecule has 0 fully saturated rings. The van der Waals surface area contributed by atoms with E-state index in [2.05, 4.69) is 0 Å². The summed E-state index contributed by atoms with van der Waals surface area (Å²) in [5, 5.41) is 9.34. The van der Waals surface area contributed by atoms with Crippen LogP contribution < -0.4 is 4.31 Å². The number of benzene rings is 2. The third-order valence-electron chi connectivity index (χ3n) is 3.23. The Bertz CT molecular complexity index is 900. The number of hydrogen-bond acceptors (Lipinski definition) is 3. The molecule has 5 nitrogen and oxygen atoms in total. The number of nitrogens with zero attached hydrogens (tertiary/aromatic N) is 1. The fraction of sp³-hybridized carbons (Fsp3) is 0.133. The van der Waals surface area contributed by atoms with Crippen LogP contribution in [-0.2, 0) is 10.0 Å². The summed E-state index contributed by atoms with van der Waals surface area (Å²) in [6.45, 7) is 1.59. The molecule has 2 rings (SSSR count). The lowest BCUT2D eigenvalue weighted by Crippen LogP contribution is -2.32. The van der Waals surface area contributed by atoms with Crippen molar-refractivity contribution in [2.45, 2.75) is 11.8 Å². The minimum Gasteiger partial charge on any atom is -0.478 e. The minimum atomic E-state index is -4.14. The lowest BCUT2D eigenvalue weighted by Gasteiger charge is -2.25. The lowest BCUT2D eigenvalue weighted by molar-refractivity contribution is 0.0698. The number of aromatic carboxylic acids is 1. The molecule has 0 aliphatic rings. The summed E-state index contributed by atoms with van der Waals surface area (Å²) in [5.41, 5.74) is -0.103. The van der Waals surface area contributed by atoms with Gasteiger partial charge >= 0.3 is 5.97 Å². The average molecular weight is 409 g/mol. The maximum absolute atomic E-state index is 13.0. The van der Waals surface area contributed by atoms with Gasteiger partial charge < -0.3 is 5.11 Å². The number of hydrogen-bond donors (Lipinski definition) is 1. The van der Waals surface area contributed by atoms with Crippen molar-refractivity contribution < 1.29 is 18.3 Å². The van der Waals surface area contributed by atoms with E-state index in [0.717, 1.165) is 10.4 Å². The first-order chi connectivity index (χ1) is 11.2. The van der Waals surface area contributed by atoms with E-state index in [1.807, 2.05) is 0 Å². The fourth-order valence-corrected chi connectivity index (χ4v) is 4.63. The van der Waals surface area contributed by atoms with Gasteiger partial charge in [0.2, 0.25) is 0 Å². The number of carboxylic acid groups (broad SMARTS) is 1. The molecule has 0 radical (unpaired) electrons. The number of anilines is 1. The highest BCUT2D eigenvalue weighted by atomic mass is 35.5. The smallest absolute Gasteiger partial charge is 0.337 e. The monoisotopic (exact) mass is 407 g/mol. The van der Waals surface area contributed by atoms with Crippen molar-refractivity contribution in [1.29, 1.82) is 0 Å². The van der Waals surface area contributed by atoms with Crippen LogP contribution in [0.15, 0.2) is 41.3 Å². The minimum absolute atomic E-state index is 0.00318. The molecule has 0 atom stereocenters. The fourth-order valence-electron chi connectivity index (χ4n) is 2.16. The zero-order valence-corrected chi connectivity index (χ0v) is 15.4. The van der Waals surface area contributed by atoms with Crippen LogP contribution in [0.4, 0.5) is 5.69 Å². The van der Waals surface area contributed by atoms with Crippen molar-refractivity contribution in [3.05, 3.63) is 57.0 Å². The highest BCUT2D eigenvalue weighted by Crippen LogP contribution is 2.35. The maximum Gasteiger partial charge on any atom is 0.337 e. The van der Waals surface area contributed by atoms with Gasteiger partial charge in [-0.2, -0.15) is 0 Å². The molecule has 0 spiro atoms. The van der Waals surface area contributed by atoms with E-state index in [1.165, 1.54) is 24.3 Å². The Morgan fingerprint density at radius 3 is 2.25 bits per heavy atom. The Kier molecular flexibility index (Phi) is 5.65. The van der Waals surface area contributed by atoms with Crippen LogP contribution in [0, 0.1) is 0 Å². The average Bonchev–Trinajstić information content (AvgIpc) is 2.51. The largest absolute Gasteiger partial charge is 0.478 e. The first-order valence-corrected chi connectivity index (χ1v) is 9.27. The standard InChI is InChI=1S/C15H12Cl3NO4S/c1-2-19(13-6-4-3-5-9(13)15(20)21)24(22,23)14-8-11(17)10(16)7-12(14)18/h3-8H,2H2,1H3,(H,20,21). The number of carboxylic acids is 1. The van der Waals surface area contributed by atoms with Crippen molar-refractivity contribution in [2.75, 3.05) is 10.8 Å². The van der Waals surface area contributed by atoms with E-state index in [4.69, 9.17) is 34.8 Å². The van der Waals surface area contributed by atoms with E-state index < -0.39 is 16.0 Å². The predicted molar refractivity (Wildman–Crippen MR) is 95.1 cm³/mol. The molecular formula is C15H12Cl3NO4S. The van der Waals surface area contributed by atoms with E-state index in [-0.39, 0.29) is 37.8 Å².